The summed E-state index contributed by atoms with van der Waals surface area (Å²) >= 11 is 1.68. The van der Waals surface area contributed by atoms with Crippen molar-refractivity contribution in [3.05, 3.63) is 57.5 Å². The standard InChI is InChI=1S/C13H11FN2S/c14-10-4-3-9-7-16(13(15)12(9)6-10)8-11-2-1-5-17-11/h1-6,15H,7-8H2. The van der Waals surface area contributed by atoms with Crippen molar-refractivity contribution in [2.24, 2.45) is 0 Å². The Kier molecular flexibility index (Phi) is 2.44. The predicted octanol–water partition coefficient (Wildman–Crippen LogP) is 3.23. The third-order valence-corrected chi connectivity index (χ3v) is 3.79. The van der Waals surface area contributed by atoms with Crippen molar-refractivity contribution in [3.8, 4) is 0 Å². The van der Waals surface area contributed by atoms with Crippen LogP contribution in [0.3, 0.4) is 0 Å². The van der Waals surface area contributed by atoms with E-state index in [1.165, 1.54) is 17.0 Å². The summed E-state index contributed by atoms with van der Waals surface area (Å²) in [5.41, 5.74) is 1.76. The van der Waals surface area contributed by atoms with Gasteiger partial charge < -0.3 is 4.90 Å². The van der Waals surface area contributed by atoms with Gasteiger partial charge in [-0.05, 0) is 29.1 Å². The fourth-order valence-electron chi connectivity index (χ4n) is 2.09. The molecule has 2 nitrogen and oxygen atoms in total. The van der Waals surface area contributed by atoms with E-state index in [0.29, 0.717) is 12.4 Å². The average Bonchev–Trinajstić information content (AvgIpc) is 2.91. The molecule has 0 atom stereocenters. The van der Waals surface area contributed by atoms with Crippen LogP contribution in [-0.4, -0.2) is 10.7 Å². The molecule has 0 saturated heterocycles. The highest BCUT2D eigenvalue weighted by atomic mass is 32.1. The molecule has 0 fully saturated rings. The van der Waals surface area contributed by atoms with Crippen LogP contribution in [0.2, 0.25) is 0 Å². The molecule has 0 bridgehead atoms. The first kappa shape index (κ1) is 10.5. The zero-order valence-corrected chi connectivity index (χ0v) is 9.93. The minimum absolute atomic E-state index is 0.272. The Hall–Kier alpha value is -1.68. The van der Waals surface area contributed by atoms with Gasteiger partial charge in [0.05, 0.1) is 6.54 Å². The lowest BCUT2D eigenvalue weighted by Crippen LogP contribution is -2.22. The van der Waals surface area contributed by atoms with Crippen LogP contribution in [0.5, 0.6) is 0 Å². The van der Waals surface area contributed by atoms with Crippen LogP contribution in [0.25, 0.3) is 0 Å². The molecule has 0 amide bonds. The maximum absolute atomic E-state index is 13.1. The van der Waals surface area contributed by atoms with E-state index in [-0.39, 0.29) is 5.82 Å². The summed E-state index contributed by atoms with van der Waals surface area (Å²) in [6.07, 6.45) is 0. The Morgan fingerprint density at radius 2 is 2.24 bits per heavy atom. The lowest BCUT2D eigenvalue weighted by Gasteiger charge is -2.16. The fourth-order valence-corrected chi connectivity index (χ4v) is 2.81. The van der Waals surface area contributed by atoms with Crippen molar-refractivity contribution in [2.45, 2.75) is 13.1 Å². The number of nitrogens with zero attached hydrogens (tertiary/aromatic N) is 1. The maximum Gasteiger partial charge on any atom is 0.129 e. The van der Waals surface area contributed by atoms with Gasteiger partial charge in [0.25, 0.3) is 0 Å². The highest BCUT2D eigenvalue weighted by Gasteiger charge is 2.24. The fraction of sp³-hybridized carbons (Fsp3) is 0.154. The zero-order valence-electron chi connectivity index (χ0n) is 9.11. The van der Waals surface area contributed by atoms with Gasteiger partial charge >= 0.3 is 0 Å². The SMILES string of the molecule is N=C1c2cc(F)ccc2CN1Cc1cccs1. The third kappa shape index (κ3) is 1.85. The number of thiophene rings is 1. The normalized spacial score (nSPS) is 14.2. The lowest BCUT2D eigenvalue weighted by molar-refractivity contribution is 0.426. The van der Waals surface area contributed by atoms with Gasteiger partial charge in [-0.2, -0.15) is 0 Å². The van der Waals surface area contributed by atoms with Gasteiger partial charge in [-0.15, -0.1) is 11.3 Å². The van der Waals surface area contributed by atoms with E-state index in [2.05, 4.69) is 6.07 Å². The Balaban J connectivity index is 1.86. The maximum atomic E-state index is 13.1. The number of amidine groups is 1. The molecule has 1 aromatic heterocycles. The second kappa shape index (κ2) is 3.96. The smallest absolute Gasteiger partial charge is 0.129 e. The van der Waals surface area contributed by atoms with E-state index in [1.807, 2.05) is 16.3 Å². The van der Waals surface area contributed by atoms with E-state index in [9.17, 15) is 4.39 Å². The van der Waals surface area contributed by atoms with E-state index >= 15 is 0 Å². The van der Waals surface area contributed by atoms with Crippen LogP contribution in [0, 0.1) is 11.2 Å². The van der Waals surface area contributed by atoms with Crippen molar-refractivity contribution >= 4 is 17.2 Å². The number of fused-ring (bicyclic) bond motifs is 1. The molecule has 0 spiro atoms. The molecule has 2 heterocycles. The topological polar surface area (TPSA) is 27.1 Å². The average molecular weight is 246 g/mol. The van der Waals surface area contributed by atoms with Gasteiger partial charge in [0.15, 0.2) is 0 Å². The van der Waals surface area contributed by atoms with Crippen molar-refractivity contribution in [1.29, 1.82) is 5.41 Å². The number of nitrogens with one attached hydrogen (secondary N) is 1. The van der Waals surface area contributed by atoms with Gasteiger partial charge in [-0.25, -0.2) is 4.39 Å². The molecule has 86 valence electrons. The van der Waals surface area contributed by atoms with Crippen molar-refractivity contribution in [1.82, 2.24) is 4.90 Å². The van der Waals surface area contributed by atoms with Gasteiger partial charge in [-0.1, -0.05) is 12.1 Å². The monoisotopic (exact) mass is 246 g/mol. The quantitative estimate of drug-likeness (QED) is 0.865. The molecule has 1 aliphatic heterocycles. The molecule has 0 unspecified atom stereocenters. The molecule has 4 heteroatoms. The molecule has 1 aliphatic rings. The second-order valence-corrected chi connectivity index (χ2v) is 5.12. The van der Waals surface area contributed by atoms with Crippen LogP contribution < -0.4 is 0 Å². The van der Waals surface area contributed by atoms with Crippen LogP contribution in [0.1, 0.15) is 16.0 Å². The molecular weight excluding hydrogens is 235 g/mol. The molecule has 0 radical (unpaired) electrons. The molecule has 0 aliphatic carbocycles. The van der Waals surface area contributed by atoms with Crippen molar-refractivity contribution in [3.63, 3.8) is 0 Å². The summed E-state index contributed by atoms with van der Waals surface area (Å²) in [5.74, 6) is 0.152. The Morgan fingerprint density at radius 1 is 1.35 bits per heavy atom. The summed E-state index contributed by atoms with van der Waals surface area (Å²) in [4.78, 5) is 3.19. The van der Waals surface area contributed by atoms with Crippen LogP contribution >= 0.6 is 11.3 Å². The van der Waals surface area contributed by atoms with E-state index < -0.39 is 0 Å². The van der Waals surface area contributed by atoms with Gasteiger partial charge in [-0.3, -0.25) is 5.41 Å². The molecule has 2 aromatic rings. The number of hydrogen-bond acceptors (Lipinski definition) is 2. The molecule has 3 rings (SSSR count). The summed E-state index contributed by atoms with van der Waals surface area (Å²) in [6.45, 7) is 1.43. The minimum Gasteiger partial charge on any atom is -0.347 e. The van der Waals surface area contributed by atoms with Crippen molar-refractivity contribution < 1.29 is 4.39 Å². The molecule has 17 heavy (non-hydrogen) atoms. The number of halogens is 1. The Morgan fingerprint density at radius 3 is 3.00 bits per heavy atom. The van der Waals surface area contributed by atoms with E-state index in [4.69, 9.17) is 5.41 Å². The predicted molar refractivity (Wildman–Crippen MR) is 66.8 cm³/mol. The lowest BCUT2D eigenvalue weighted by atomic mass is 10.1. The first-order valence-corrected chi connectivity index (χ1v) is 6.27. The molecule has 1 aromatic carbocycles. The summed E-state index contributed by atoms with van der Waals surface area (Å²) < 4.78 is 13.1. The van der Waals surface area contributed by atoms with Gasteiger partial charge in [0.1, 0.15) is 11.7 Å². The number of hydrogen-bond donors (Lipinski definition) is 1. The van der Waals surface area contributed by atoms with E-state index in [1.54, 1.807) is 17.4 Å². The Bertz CT molecular complexity index is 563. The first-order chi connectivity index (χ1) is 8.24. The van der Waals surface area contributed by atoms with Crippen LogP contribution in [0.4, 0.5) is 4.39 Å². The highest BCUT2D eigenvalue weighted by Crippen LogP contribution is 2.25. The molecule has 1 N–H and O–H groups in total. The summed E-state index contributed by atoms with van der Waals surface area (Å²) in [6, 6.07) is 8.74. The number of benzene rings is 1. The Labute approximate surface area is 103 Å². The van der Waals surface area contributed by atoms with Gasteiger partial charge in [0, 0.05) is 17.0 Å². The van der Waals surface area contributed by atoms with Crippen LogP contribution in [0.15, 0.2) is 35.7 Å². The second-order valence-electron chi connectivity index (χ2n) is 4.09. The number of rotatable bonds is 2. The summed E-state index contributed by atoms with van der Waals surface area (Å²) in [7, 11) is 0. The minimum atomic E-state index is -0.272. The zero-order chi connectivity index (χ0) is 11.8. The molecule has 0 saturated carbocycles. The third-order valence-electron chi connectivity index (χ3n) is 2.93. The highest BCUT2D eigenvalue weighted by molar-refractivity contribution is 7.09. The van der Waals surface area contributed by atoms with E-state index in [0.717, 1.165) is 17.7 Å². The largest absolute Gasteiger partial charge is 0.347 e. The summed E-state index contributed by atoms with van der Waals surface area (Å²) in [5, 5.41) is 10.1. The van der Waals surface area contributed by atoms with Gasteiger partial charge in [0.2, 0.25) is 0 Å². The van der Waals surface area contributed by atoms with Crippen molar-refractivity contribution in [2.75, 3.05) is 0 Å². The first-order valence-electron chi connectivity index (χ1n) is 5.39. The molecular formula is C13H11FN2S. The van der Waals surface area contributed by atoms with Crippen LogP contribution in [-0.2, 0) is 13.1 Å².